The minimum atomic E-state index is -0.659. The van der Waals surface area contributed by atoms with Gasteiger partial charge in [0.1, 0.15) is 22.7 Å². The SMILES string of the molecule is CC(C)(C)C(=O)n1nc(-c2ccc(N3CCOCC3)c(=O)n2CC=O)cc1SCc1ccc(Cl)s1. The van der Waals surface area contributed by atoms with E-state index >= 15 is 0 Å². The van der Waals surface area contributed by atoms with Gasteiger partial charge >= 0.3 is 0 Å². The zero-order valence-electron chi connectivity index (χ0n) is 19.8. The molecule has 0 atom stereocenters. The molecule has 0 unspecified atom stereocenters. The fourth-order valence-corrected chi connectivity index (χ4v) is 5.84. The van der Waals surface area contributed by atoms with E-state index in [-0.39, 0.29) is 18.0 Å². The lowest BCUT2D eigenvalue weighted by Crippen LogP contribution is -2.40. The van der Waals surface area contributed by atoms with Gasteiger partial charge in [0.05, 0.1) is 29.8 Å². The summed E-state index contributed by atoms with van der Waals surface area (Å²) in [5, 5.41) is 5.26. The summed E-state index contributed by atoms with van der Waals surface area (Å²) in [5.74, 6) is 0.460. The second-order valence-corrected chi connectivity index (χ2v) is 11.9. The van der Waals surface area contributed by atoms with Crippen LogP contribution in [0.1, 0.15) is 30.4 Å². The number of aromatic nitrogens is 3. The van der Waals surface area contributed by atoms with E-state index < -0.39 is 5.41 Å². The smallest absolute Gasteiger partial charge is 0.275 e. The van der Waals surface area contributed by atoms with Gasteiger partial charge in [0.25, 0.3) is 11.5 Å². The number of carbonyl (C=O) groups is 2. The molecule has 1 saturated heterocycles. The van der Waals surface area contributed by atoms with Crippen LogP contribution in [0, 0.1) is 5.41 Å². The number of thioether (sulfide) groups is 1. The summed E-state index contributed by atoms with van der Waals surface area (Å²) in [7, 11) is 0. The van der Waals surface area contributed by atoms with E-state index in [2.05, 4.69) is 5.10 Å². The first-order chi connectivity index (χ1) is 16.7. The summed E-state index contributed by atoms with van der Waals surface area (Å²) in [6.07, 6.45) is 0.696. The molecule has 1 fully saturated rings. The normalized spacial score (nSPS) is 14.3. The monoisotopic (exact) mass is 534 g/mol. The first-order valence-electron chi connectivity index (χ1n) is 11.2. The Hall–Kier alpha value is -2.40. The number of thiophene rings is 1. The van der Waals surface area contributed by atoms with Crippen molar-refractivity contribution >= 4 is 52.6 Å². The van der Waals surface area contributed by atoms with Crippen LogP contribution in [0.15, 0.2) is 40.2 Å². The van der Waals surface area contributed by atoms with Crippen LogP contribution >= 0.6 is 34.7 Å². The Kier molecular flexibility index (Phi) is 7.85. The lowest BCUT2D eigenvalue weighted by atomic mass is 9.96. The number of hydrogen-bond donors (Lipinski definition) is 0. The lowest BCUT2D eigenvalue weighted by Gasteiger charge is -2.28. The van der Waals surface area contributed by atoms with Gasteiger partial charge in [-0.05, 0) is 24.3 Å². The molecule has 35 heavy (non-hydrogen) atoms. The van der Waals surface area contributed by atoms with Crippen LogP contribution in [-0.4, -0.2) is 52.8 Å². The molecule has 4 heterocycles. The number of aldehydes is 1. The van der Waals surface area contributed by atoms with Crippen LogP contribution in [0.25, 0.3) is 11.4 Å². The molecule has 1 aliphatic rings. The number of morpholine rings is 1. The summed E-state index contributed by atoms with van der Waals surface area (Å²) < 4.78 is 8.92. The minimum absolute atomic E-state index is 0.109. The topological polar surface area (TPSA) is 86.4 Å². The third-order valence-electron chi connectivity index (χ3n) is 5.53. The van der Waals surface area contributed by atoms with Gasteiger partial charge in [0, 0.05) is 35.2 Å². The average Bonchev–Trinajstić information content (AvgIpc) is 3.44. The van der Waals surface area contributed by atoms with Crippen LogP contribution in [0.5, 0.6) is 0 Å². The minimum Gasteiger partial charge on any atom is -0.378 e. The Labute approximate surface area is 216 Å². The maximum atomic E-state index is 13.4. The van der Waals surface area contributed by atoms with Crippen LogP contribution in [0.3, 0.4) is 0 Å². The van der Waals surface area contributed by atoms with E-state index in [9.17, 15) is 14.4 Å². The van der Waals surface area contributed by atoms with Gasteiger partial charge in [-0.25, -0.2) is 0 Å². The van der Waals surface area contributed by atoms with Crippen molar-refractivity contribution in [2.24, 2.45) is 5.41 Å². The highest BCUT2D eigenvalue weighted by Crippen LogP contribution is 2.33. The second kappa shape index (κ2) is 10.7. The summed E-state index contributed by atoms with van der Waals surface area (Å²) in [6.45, 7) is 7.71. The van der Waals surface area contributed by atoms with Gasteiger partial charge in [-0.2, -0.15) is 9.78 Å². The highest BCUT2D eigenvalue weighted by atomic mass is 35.5. The molecule has 186 valence electrons. The number of halogens is 1. The van der Waals surface area contributed by atoms with E-state index in [1.807, 2.05) is 37.8 Å². The predicted molar refractivity (Wildman–Crippen MR) is 140 cm³/mol. The second-order valence-electron chi connectivity index (χ2n) is 9.11. The Bertz CT molecular complexity index is 1290. The lowest BCUT2D eigenvalue weighted by molar-refractivity contribution is -0.108. The standard InChI is InChI=1S/C24H27ClN4O4S2/c1-24(2,3)23(32)29-21(34-15-16-4-7-20(25)35-16)14-17(26-29)18-5-6-19(22(31)28(18)8-11-30)27-9-12-33-13-10-27/h4-7,11,14H,8-10,12-13,15H2,1-3H3. The zero-order chi connectivity index (χ0) is 25.2. The fourth-order valence-electron chi connectivity index (χ4n) is 3.72. The molecule has 3 aromatic heterocycles. The van der Waals surface area contributed by atoms with Gasteiger partial charge in [0.2, 0.25) is 0 Å². The summed E-state index contributed by atoms with van der Waals surface area (Å²) >= 11 is 9.03. The Morgan fingerprint density at radius 1 is 1.23 bits per heavy atom. The number of anilines is 1. The van der Waals surface area contributed by atoms with Gasteiger partial charge in [0.15, 0.2) is 0 Å². The molecule has 0 N–H and O–H groups in total. The highest BCUT2D eigenvalue weighted by Gasteiger charge is 2.28. The molecule has 0 spiro atoms. The molecule has 8 nitrogen and oxygen atoms in total. The summed E-state index contributed by atoms with van der Waals surface area (Å²) in [5.41, 5.74) is 0.541. The van der Waals surface area contributed by atoms with Gasteiger partial charge in [-0.3, -0.25) is 14.2 Å². The third kappa shape index (κ3) is 5.72. The fraction of sp³-hybridized carbons (Fsp3) is 0.417. The van der Waals surface area contributed by atoms with Crippen molar-refractivity contribution in [3.63, 3.8) is 0 Å². The molecule has 0 amide bonds. The van der Waals surface area contributed by atoms with Crippen molar-refractivity contribution in [1.29, 1.82) is 0 Å². The number of pyridine rings is 1. The van der Waals surface area contributed by atoms with Gasteiger partial charge in [-0.15, -0.1) is 23.1 Å². The predicted octanol–water partition coefficient (Wildman–Crippen LogP) is 4.44. The number of nitrogens with zero attached hydrogens (tertiary/aromatic N) is 4. The Balaban J connectivity index is 1.75. The van der Waals surface area contributed by atoms with Crippen LogP contribution < -0.4 is 10.5 Å². The van der Waals surface area contributed by atoms with Crippen LogP contribution in [-0.2, 0) is 21.8 Å². The molecule has 11 heteroatoms. The highest BCUT2D eigenvalue weighted by molar-refractivity contribution is 7.98. The van der Waals surface area contributed by atoms with Crippen LogP contribution in [0.2, 0.25) is 4.34 Å². The maximum absolute atomic E-state index is 13.4. The largest absolute Gasteiger partial charge is 0.378 e. The van der Waals surface area contributed by atoms with Gasteiger partial charge < -0.3 is 14.4 Å². The van der Waals surface area contributed by atoms with Crippen molar-refractivity contribution in [2.75, 3.05) is 31.2 Å². The Morgan fingerprint density at radius 3 is 2.60 bits per heavy atom. The van der Waals surface area contributed by atoms with Crippen molar-refractivity contribution in [3.05, 3.63) is 49.9 Å². The molecular weight excluding hydrogens is 508 g/mol. The van der Waals surface area contributed by atoms with Crippen LogP contribution in [0.4, 0.5) is 5.69 Å². The molecule has 4 rings (SSSR count). The molecule has 0 aliphatic carbocycles. The van der Waals surface area contributed by atoms with E-state index in [1.54, 1.807) is 18.2 Å². The summed E-state index contributed by atoms with van der Waals surface area (Å²) in [4.78, 5) is 41.1. The number of hydrogen-bond acceptors (Lipinski definition) is 8. The first-order valence-corrected chi connectivity index (χ1v) is 13.4. The van der Waals surface area contributed by atoms with Crippen molar-refractivity contribution in [3.8, 4) is 11.4 Å². The van der Waals surface area contributed by atoms with E-state index in [4.69, 9.17) is 16.3 Å². The number of ether oxygens (including phenoxy) is 1. The zero-order valence-corrected chi connectivity index (χ0v) is 22.2. The number of rotatable bonds is 7. The van der Waals surface area contributed by atoms with E-state index in [0.29, 0.717) is 64.8 Å². The number of carbonyl (C=O) groups excluding carboxylic acids is 2. The average molecular weight is 535 g/mol. The van der Waals surface area contributed by atoms with Crippen molar-refractivity contribution in [1.82, 2.24) is 14.3 Å². The van der Waals surface area contributed by atoms with Crippen molar-refractivity contribution < 1.29 is 14.3 Å². The third-order valence-corrected chi connectivity index (χ3v) is 7.98. The summed E-state index contributed by atoms with van der Waals surface area (Å²) in [6, 6.07) is 9.15. The Morgan fingerprint density at radius 2 is 1.97 bits per heavy atom. The molecule has 0 saturated carbocycles. The quantitative estimate of drug-likeness (QED) is 0.327. The van der Waals surface area contributed by atoms with Gasteiger partial charge in [-0.1, -0.05) is 32.4 Å². The molecule has 3 aromatic rings. The van der Waals surface area contributed by atoms with E-state index in [1.165, 1.54) is 32.3 Å². The molecule has 0 radical (unpaired) electrons. The molecule has 0 bridgehead atoms. The van der Waals surface area contributed by atoms with E-state index in [0.717, 1.165) is 4.88 Å². The van der Waals surface area contributed by atoms with Crippen molar-refractivity contribution in [2.45, 2.75) is 38.1 Å². The molecular formula is C24H27ClN4O4S2. The molecule has 0 aromatic carbocycles. The first kappa shape index (κ1) is 25.7. The maximum Gasteiger partial charge on any atom is 0.275 e. The molecule has 1 aliphatic heterocycles.